The van der Waals surface area contributed by atoms with Crippen molar-refractivity contribution in [2.75, 3.05) is 18.8 Å². The highest BCUT2D eigenvalue weighted by atomic mass is 16.3. The molecule has 6 heterocycles. The molecule has 0 bridgehead atoms. The van der Waals surface area contributed by atoms with Gasteiger partial charge in [0.15, 0.2) is 17.1 Å². The number of hydrogen-bond acceptors (Lipinski definition) is 8. The van der Waals surface area contributed by atoms with Crippen molar-refractivity contribution in [1.82, 2.24) is 39.2 Å². The fourth-order valence-corrected chi connectivity index (χ4v) is 5.22. The Labute approximate surface area is 195 Å². The Hall–Kier alpha value is -3.79. The lowest BCUT2D eigenvalue weighted by Crippen LogP contribution is -2.34. The second-order valence-electron chi connectivity index (χ2n) is 9.16. The Balaban J connectivity index is 1.14. The Morgan fingerprint density at radius 3 is 2.79 bits per heavy atom. The zero-order valence-corrected chi connectivity index (χ0v) is 18.8. The van der Waals surface area contributed by atoms with E-state index >= 15 is 0 Å². The minimum Gasteiger partial charge on any atom is -0.461 e. The normalized spacial score (nSPS) is 16.2. The average molecular weight is 456 g/mol. The summed E-state index contributed by atoms with van der Waals surface area (Å²) in [6.45, 7) is 3.54. The van der Waals surface area contributed by atoms with E-state index in [9.17, 15) is 0 Å². The molecule has 2 N–H and O–H groups in total. The lowest BCUT2D eigenvalue weighted by atomic mass is 9.92. The zero-order chi connectivity index (χ0) is 22.6. The van der Waals surface area contributed by atoms with E-state index in [4.69, 9.17) is 15.1 Å². The Bertz CT molecular complexity index is 1520. The van der Waals surface area contributed by atoms with E-state index in [1.807, 2.05) is 10.7 Å². The molecule has 0 saturated carbocycles. The van der Waals surface area contributed by atoms with Crippen molar-refractivity contribution in [3.8, 4) is 11.6 Å². The third-order valence-corrected chi connectivity index (χ3v) is 6.99. The third-order valence-electron chi connectivity index (χ3n) is 6.99. The topological polar surface area (TPSA) is 116 Å². The van der Waals surface area contributed by atoms with Crippen LogP contribution in [0.1, 0.15) is 35.4 Å². The monoisotopic (exact) mass is 455 g/mol. The lowest BCUT2D eigenvalue weighted by Gasteiger charge is -2.29. The molecule has 10 nitrogen and oxygen atoms in total. The molecular formula is C24H25N9O. The van der Waals surface area contributed by atoms with Gasteiger partial charge in [0.05, 0.1) is 24.4 Å². The lowest BCUT2D eigenvalue weighted by molar-refractivity contribution is 0.239. The maximum atomic E-state index is 6.23. The fourth-order valence-electron chi connectivity index (χ4n) is 5.22. The molecule has 0 atom stereocenters. The van der Waals surface area contributed by atoms with Crippen LogP contribution in [-0.4, -0.2) is 52.3 Å². The molecule has 0 amide bonds. The summed E-state index contributed by atoms with van der Waals surface area (Å²) in [6.07, 6.45) is 9.25. The molecule has 34 heavy (non-hydrogen) atoms. The summed E-state index contributed by atoms with van der Waals surface area (Å²) in [5, 5.41) is 9.88. The maximum absolute atomic E-state index is 6.23. The van der Waals surface area contributed by atoms with Gasteiger partial charge in [0.1, 0.15) is 0 Å². The first-order valence-electron chi connectivity index (χ1n) is 11.9. The van der Waals surface area contributed by atoms with Gasteiger partial charge >= 0.3 is 0 Å². The molecule has 1 aliphatic heterocycles. The molecule has 0 aromatic carbocycles. The average Bonchev–Trinajstić information content (AvgIpc) is 3.61. The predicted octanol–water partition coefficient (Wildman–Crippen LogP) is 2.65. The summed E-state index contributed by atoms with van der Waals surface area (Å²) in [7, 11) is 0. The molecule has 0 fully saturated rings. The third kappa shape index (κ3) is 3.17. The van der Waals surface area contributed by atoms with E-state index < -0.39 is 0 Å². The first kappa shape index (κ1) is 19.7. The summed E-state index contributed by atoms with van der Waals surface area (Å²) in [5.41, 5.74) is 13.0. The maximum Gasteiger partial charge on any atom is 0.225 e. The number of nitrogens with zero attached hydrogens (tertiary/aromatic N) is 8. The highest BCUT2D eigenvalue weighted by Gasteiger charge is 2.22. The van der Waals surface area contributed by atoms with Crippen LogP contribution in [0.4, 0.5) is 5.95 Å². The van der Waals surface area contributed by atoms with Gasteiger partial charge in [-0.1, -0.05) is 6.07 Å². The molecule has 0 radical (unpaired) electrons. The van der Waals surface area contributed by atoms with Crippen LogP contribution in [0.3, 0.4) is 0 Å². The van der Waals surface area contributed by atoms with Crippen molar-refractivity contribution < 1.29 is 4.42 Å². The number of rotatable bonds is 4. The number of aromatic nitrogens is 7. The number of nitrogens with two attached hydrogens (primary N) is 1. The van der Waals surface area contributed by atoms with Crippen molar-refractivity contribution in [3.63, 3.8) is 0 Å². The van der Waals surface area contributed by atoms with Gasteiger partial charge in [-0.25, -0.2) is 9.67 Å². The van der Waals surface area contributed by atoms with E-state index in [0.717, 1.165) is 50.1 Å². The van der Waals surface area contributed by atoms with Gasteiger partial charge in [0, 0.05) is 37.4 Å². The molecule has 5 aromatic rings. The first-order chi connectivity index (χ1) is 16.7. The van der Waals surface area contributed by atoms with Gasteiger partial charge < -0.3 is 10.2 Å². The van der Waals surface area contributed by atoms with Crippen LogP contribution >= 0.6 is 0 Å². The first-order valence-corrected chi connectivity index (χ1v) is 11.9. The second kappa shape index (κ2) is 7.63. The van der Waals surface area contributed by atoms with Gasteiger partial charge in [-0.3, -0.25) is 9.88 Å². The summed E-state index contributed by atoms with van der Waals surface area (Å²) in [6, 6.07) is 6.04. The molecule has 2 aliphatic rings. The number of pyridine rings is 1. The molecule has 0 spiro atoms. The number of fused-ring (bicyclic) bond motifs is 5. The van der Waals surface area contributed by atoms with Gasteiger partial charge in [-0.05, 0) is 48.9 Å². The van der Waals surface area contributed by atoms with Crippen molar-refractivity contribution in [2.24, 2.45) is 0 Å². The number of anilines is 1. The smallest absolute Gasteiger partial charge is 0.225 e. The Morgan fingerprint density at radius 1 is 0.971 bits per heavy atom. The number of nitrogen functional groups attached to an aromatic ring is 1. The summed E-state index contributed by atoms with van der Waals surface area (Å²) in [4.78, 5) is 16.7. The van der Waals surface area contributed by atoms with Crippen LogP contribution in [0.15, 0.2) is 35.1 Å². The second-order valence-corrected chi connectivity index (χ2v) is 9.16. The van der Waals surface area contributed by atoms with Gasteiger partial charge in [-0.2, -0.15) is 14.6 Å². The van der Waals surface area contributed by atoms with E-state index in [-0.39, 0.29) is 5.95 Å². The van der Waals surface area contributed by atoms with E-state index in [0.29, 0.717) is 17.2 Å². The highest BCUT2D eigenvalue weighted by Crippen LogP contribution is 2.26. The minimum atomic E-state index is 0.275. The molecule has 0 saturated heterocycles. The summed E-state index contributed by atoms with van der Waals surface area (Å²) >= 11 is 0. The van der Waals surface area contributed by atoms with Crippen LogP contribution in [0.25, 0.3) is 28.3 Å². The molecular weight excluding hydrogens is 430 g/mol. The van der Waals surface area contributed by atoms with Gasteiger partial charge in [0.25, 0.3) is 0 Å². The standard InChI is InChI=1S/C24H25N9O/c25-24-29-22-17(23-28-21(30-33(23)24)20-6-3-11-34-20)13-26-32(22)10-9-31-8-7-19-16(14-31)12-15-4-1-2-5-18(15)27-19/h3,6,11-13H,1-2,4-5,7-10,14H2,(H2,25,29). The van der Waals surface area contributed by atoms with Crippen LogP contribution < -0.4 is 5.73 Å². The van der Waals surface area contributed by atoms with Gasteiger partial charge in [-0.15, -0.1) is 5.10 Å². The number of aryl methyl sites for hydroxylation is 2. The molecule has 10 heteroatoms. The minimum absolute atomic E-state index is 0.275. The predicted molar refractivity (Wildman–Crippen MR) is 126 cm³/mol. The Kier molecular flexibility index (Phi) is 4.41. The van der Waals surface area contributed by atoms with Crippen LogP contribution in [-0.2, 0) is 32.4 Å². The van der Waals surface area contributed by atoms with Crippen LogP contribution in [0.5, 0.6) is 0 Å². The van der Waals surface area contributed by atoms with Crippen molar-refractivity contribution >= 4 is 22.6 Å². The van der Waals surface area contributed by atoms with Gasteiger partial charge in [0.2, 0.25) is 11.8 Å². The quantitative estimate of drug-likeness (QED) is 0.440. The van der Waals surface area contributed by atoms with Crippen LogP contribution in [0, 0.1) is 0 Å². The van der Waals surface area contributed by atoms with E-state index in [2.05, 4.69) is 31.1 Å². The molecule has 7 rings (SSSR count). The number of hydrogen-bond donors (Lipinski definition) is 1. The van der Waals surface area contributed by atoms with Crippen LogP contribution in [0.2, 0.25) is 0 Å². The van der Waals surface area contributed by atoms with Crippen molar-refractivity contribution in [1.29, 1.82) is 0 Å². The van der Waals surface area contributed by atoms with Crippen molar-refractivity contribution in [3.05, 3.63) is 53.2 Å². The zero-order valence-electron chi connectivity index (χ0n) is 18.8. The van der Waals surface area contributed by atoms with Crippen molar-refractivity contribution in [2.45, 2.75) is 45.2 Å². The largest absolute Gasteiger partial charge is 0.461 e. The molecule has 172 valence electrons. The van der Waals surface area contributed by atoms with E-state index in [1.165, 1.54) is 41.8 Å². The molecule has 5 aromatic heterocycles. The molecule has 1 aliphatic carbocycles. The summed E-state index contributed by atoms with van der Waals surface area (Å²) in [5.74, 6) is 1.34. The highest BCUT2D eigenvalue weighted by molar-refractivity contribution is 5.90. The number of furan rings is 1. The fraction of sp³-hybridized carbons (Fsp3) is 0.375. The molecule has 0 unspecified atom stereocenters. The van der Waals surface area contributed by atoms with E-state index in [1.54, 1.807) is 23.0 Å². The Morgan fingerprint density at radius 2 is 1.88 bits per heavy atom. The summed E-state index contributed by atoms with van der Waals surface area (Å²) < 4.78 is 8.89. The SMILES string of the molecule is Nc1nc2c(cnn2CCN2CCc3nc4c(cc3C2)CCCC4)c2nc(-c3ccco3)nn12.